The lowest BCUT2D eigenvalue weighted by molar-refractivity contribution is -0.143. The van der Waals surface area contributed by atoms with Gasteiger partial charge in [0.05, 0.1) is 18.4 Å². The van der Waals surface area contributed by atoms with Crippen molar-refractivity contribution in [3.05, 3.63) is 22.4 Å². The van der Waals surface area contributed by atoms with Crippen LogP contribution in [-0.2, 0) is 20.9 Å². The van der Waals surface area contributed by atoms with Crippen LogP contribution in [0.15, 0.2) is 17.5 Å². The second-order valence-corrected chi connectivity index (χ2v) is 6.65. The summed E-state index contributed by atoms with van der Waals surface area (Å²) in [6.45, 7) is 0.301. The van der Waals surface area contributed by atoms with Crippen LogP contribution in [0.2, 0.25) is 0 Å². The number of carbonyl (C=O) groups is 3. The zero-order valence-corrected chi connectivity index (χ0v) is 12.5. The quantitative estimate of drug-likeness (QED) is 0.858. The van der Waals surface area contributed by atoms with Gasteiger partial charge in [-0.1, -0.05) is 18.9 Å². The van der Waals surface area contributed by atoms with E-state index in [9.17, 15) is 14.4 Å². The molecule has 1 saturated heterocycles. The van der Waals surface area contributed by atoms with E-state index in [1.807, 2.05) is 17.5 Å². The highest BCUT2D eigenvalue weighted by atomic mass is 32.1. The molecule has 1 aromatic rings. The first-order valence-corrected chi connectivity index (χ1v) is 8.19. The maximum Gasteiger partial charge on any atom is 0.240 e. The maximum atomic E-state index is 12.2. The molecule has 2 fully saturated rings. The molecular weight excluding hydrogens is 288 g/mol. The number of rotatable bonds is 4. The van der Waals surface area contributed by atoms with E-state index in [1.165, 1.54) is 0 Å². The molecule has 2 atom stereocenters. The first-order chi connectivity index (χ1) is 10.2. The first-order valence-electron chi connectivity index (χ1n) is 7.31. The van der Waals surface area contributed by atoms with E-state index in [0.717, 1.165) is 35.5 Å². The second-order valence-electron chi connectivity index (χ2n) is 5.62. The third kappa shape index (κ3) is 2.85. The Labute approximate surface area is 127 Å². The van der Waals surface area contributed by atoms with E-state index >= 15 is 0 Å². The Morgan fingerprint density at radius 2 is 1.90 bits per heavy atom. The van der Waals surface area contributed by atoms with Crippen LogP contribution >= 0.6 is 11.3 Å². The fraction of sp³-hybridized carbons (Fsp3) is 0.533. The Balaban J connectivity index is 1.57. The molecule has 0 radical (unpaired) electrons. The Bertz CT molecular complexity index is 531. The van der Waals surface area contributed by atoms with Gasteiger partial charge in [0.25, 0.3) is 0 Å². The molecule has 1 aromatic heterocycles. The highest BCUT2D eigenvalue weighted by Gasteiger charge is 2.48. The number of hydrogen-bond donors (Lipinski definition) is 1. The molecule has 1 aliphatic heterocycles. The Hall–Kier alpha value is -1.69. The lowest BCUT2D eigenvalue weighted by atomic mass is 9.81. The van der Waals surface area contributed by atoms with Gasteiger partial charge < -0.3 is 5.32 Å². The molecule has 0 aromatic carbocycles. The molecule has 1 aliphatic carbocycles. The van der Waals surface area contributed by atoms with Crippen LogP contribution in [0.4, 0.5) is 0 Å². The van der Waals surface area contributed by atoms with Gasteiger partial charge in [-0.05, 0) is 24.3 Å². The summed E-state index contributed by atoms with van der Waals surface area (Å²) >= 11 is 1.56. The molecule has 2 heterocycles. The number of nitrogens with zero attached hydrogens (tertiary/aromatic N) is 1. The van der Waals surface area contributed by atoms with Crippen molar-refractivity contribution < 1.29 is 14.4 Å². The largest absolute Gasteiger partial charge is 0.350 e. The van der Waals surface area contributed by atoms with Crippen LogP contribution in [0.3, 0.4) is 0 Å². The molecule has 2 aliphatic rings. The summed E-state index contributed by atoms with van der Waals surface area (Å²) in [4.78, 5) is 38.6. The summed E-state index contributed by atoms with van der Waals surface area (Å²) < 4.78 is 0. The number of imide groups is 1. The Morgan fingerprint density at radius 1 is 1.24 bits per heavy atom. The molecular formula is C15H18N2O3S. The van der Waals surface area contributed by atoms with Crippen LogP contribution in [0.25, 0.3) is 0 Å². The first kappa shape index (κ1) is 14.3. The van der Waals surface area contributed by atoms with Gasteiger partial charge in [-0.15, -0.1) is 11.3 Å². The summed E-state index contributed by atoms with van der Waals surface area (Å²) in [5.41, 5.74) is 0. The minimum atomic E-state index is -0.274. The van der Waals surface area contributed by atoms with Crippen molar-refractivity contribution in [3.8, 4) is 0 Å². The third-order valence-electron chi connectivity index (χ3n) is 4.27. The van der Waals surface area contributed by atoms with Crippen molar-refractivity contribution in [1.29, 1.82) is 0 Å². The number of likely N-dealkylation sites (tertiary alicyclic amines) is 1. The zero-order chi connectivity index (χ0) is 14.8. The average molecular weight is 306 g/mol. The standard InChI is InChI=1S/C15H18N2O3S/c18-13(16-8-10-4-3-7-21-10)9-17-14(19)11-5-1-2-6-12(11)15(17)20/h3-4,7,11-12H,1-2,5-6,8-9H2,(H,16,18). The van der Waals surface area contributed by atoms with E-state index in [-0.39, 0.29) is 36.1 Å². The number of nitrogens with one attached hydrogen (secondary N) is 1. The maximum absolute atomic E-state index is 12.2. The van der Waals surface area contributed by atoms with E-state index < -0.39 is 0 Å². The third-order valence-corrected chi connectivity index (χ3v) is 5.15. The molecule has 5 nitrogen and oxygen atoms in total. The normalized spacial score (nSPS) is 25.0. The second kappa shape index (κ2) is 5.97. The van der Waals surface area contributed by atoms with E-state index in [1.54, 1.807) is 11.3 Å². The number of amides is 3. The van der Waals surface area contributed by atoms with Crippen LogP contribution < -0.4 is 5.32 Å². The van der Waals surface area contributed by atoms with Crippen LogP contribution in [-0.4, -0.2) is 29.2 Å². The number of thiophene rings is 1. The van der Waals surface area contributed by atoms with E-state index in [4.69, 9.17) is 0 Å². The topological polar surface area (TPSA) is 66.5 Å². The molecule has 21 heavy (non-hydrogen) atoms. The van der Waals surface area contributed by atoms with Crippen molar-refractivity contribution in [1.82, 2.24) is 10.2 Å². The van der Waals surface area contributed by atoms with Crippen molar-refractivity contribution in [2.75, 3.05) is 6.54 Å². The van der Waals surface area contributed by atoms with Gasteiger partial charge in [0.1, 0.15) is 6.54 Å². The lowest BCUT2D eigenvalue weighted by Crippen LogP contribution is -2.40. The summed E-state index contributed by atoms with van der Waals surface area (Å²) in [6, 6.07) is 3.86. The average Bonchev–Trinajstić information content (AvgIpc) is 3.09. The van der Waals surface area contributed by atoms with Crippen molar-refractivity contribution in [2.45, 2.75) is 32.2 Å². The molecule has 112 valence electrons. The molecule has 0 bridgehead atoms. The van der Waals surface area contributed by atoms with Gasteiger partial charge in [0, 0.05) is 4.88 Å². The molecule has 2 unspecified atom stereocenters. The van der Waals surface area contributed by atoms with E-state index in [2.05, 4.69) is 5.32 Å². The predicted octanol–water partition coefficient (Wildman–Crippen LogP) is 1.54. The number of fused-ring (bicyclic) bond motifs is 1. The zero-order valence-electron chi connectivity index (χ0n) is 11.7. The molecule has 3 rings (SSSR count). The Morgan fingerprint density at radius 3 is 2.48 bits per heavy atom. The van der Waals surface area contributed by atoms with Gasteiger partial charge in [0.2, 0.25) is 17.7 Å². The minimum Gasteiger partial charge on any atom is -0.350 e. The number of hydrogen-bond acceptors (Lipinski definition) is 4. The van der Waals surface area contributed by atoms with E-state index in [0.29, 0.717) is 6.54 Å². The van der Waals surface area contributed by atoms with Crippen molar-refractivity contribution in [2.24, 2.45) is 11.8 Å². The molecule has 3 amide bonds. The van der Waals surface area contributed by atoms with Crippen molar-refractivity contribution in [3.63, 3.8) is 0 Å². The van der Waals surface area contributed by atoms with Crippen LogP contribution in [0.1, 0.15) is 30.6 Å². The monoisotopic (exact) mass is 306 g/mol. The number of carbonyl (C=O) groups excluding carboxylic acids is 3. The van der Waals surface area contributed by atoms with Gasteiger partial charge >= 0.3 is 0 Å². The molecule has 6 heteroatoms. The van der Waals surface area contributed by atoms with Gasteiger partial charge in [0.15, 0.2) is 0 Å². The SMILES string of the molecule is O=C(CN1C(=O)C2CCCCC2C1=O)NCc1cccs1. The summed E-state index contributed by atoms with van der Waals surface area (Å²) in [5, 5.41) is 4.70. The predicted molar refractivity (Wildman–Crippen MR) is 78.3 cm³/mol. The summed E-state index contributed by atoms with van der Waals surface area (Å²) in [6.07, 6.45) is 3.56. The van der Waals surface area contributed by atoms with Crippen molar-refractivity contribution >= 4 is 29.1 Å². The van der Waals surface area contributed by atoms with Crippen LogP contribution in [0, 0.1) is 11.8 Å². The Kier molecular flexibility index (Phi) is 4.05. The summed E-state index contributed by atoms with van der Waals surface area (Å²) in [7, 11) is 0. The van der Waals surface area contributed by atoms with Gasteiger partial charge in [-0.25, -0.2) is 0 Å². The highest BCUT2D eigenvalue weighted by molar-refractivity contribution is 7.09. The van der Waals surface area contributed by atoms with Gasteiger partial charge in [-0.2, -0.15) is 0 Å². The molecule has 1 N–H and O–H groups in total. The fourth-order valence-electron chi connectivity index (χ4n) is 3.19. The highest BCUT2D eigenvalue weighted by Crippen LogP contribution is 2.37. The lowest BCUT2D eigenvalue weighted by Gasteiger charge is -2.19. The minimum absolute atomic E-state index is 0.143. The smallest absolute Gasteiger partial charge is 0.240 e. The molecule has 1 saturated carbocycles. The van der Waals surface area contributed by atoms with Crippen LogP contribution in [0.5, 0.6) is 0 Å². The molecule has 0 spiro atoms. The van der Waals surface area contributed by atoms with Gasteiger partial charge in [-0.3, -0.25) is 19.3 Å². The fourth-order valence-corrected chi connectivity index (χ4v) is 3.83. The summed E-state index contributed by atoms with van der Waals surface area (Å²) in [5.74, 6) is -0.955.